The lowest BCUT2D eigenvalue weighted by Crippen LogP contribution is -2.44. The van der Waals surface area contributed by atoms with Gasteiger partial charge >= 0.3 is 13.9 Å². The Hall–Kier alpha value is -1.14. The van der Waals surface area contributed by atoms with Crippen LogP contribution < -0.4 is 5.32 Å². The molecule has 0 saturated heterocycles. The van der Waals surface area contributed by atoms with Gasteiger partial charge in [-0.2, -0.15) is 0 Å². The number of nitrogens with zero attached hydrogens (tertiary/aromatic N) is 1. The topological polar surface area (TPSA) is 114 Å². The Labute approximate surface area is 130 Å². The first-order valence-corrected chi connectivity index (χ1v) is 8.13. The first-order valence-electron chi connectivity index (χ1n) is 6.60. The lowest BCUT2D eigenvalue weighted by Gasteiger charge is -2.29. The predicted molar refractivity (Wildman–Crippen MR) is 78.8 cm³/mol. The van der Waals surface area contributed by atoms with Gasteiger partial charge in [0, 0.05) is 6.54 Å². The normalized spacial score (nSPS) is 11.8. The number of hydrogen-bond acceptors (Lipinski definition) is 5. The minimum Gasteiger partial charge on any atom is -0.436 e. The lowest BCUT2D eigenvalue weighted by atomic mass is 10.4. The van der Waals surface area contributed by atoms with Gasteiger partial charge in [0.2, 0.25) is 0 Å². The van der Waals surface area contributed by atoms with Crippen molar-refractivity contribution in [2.45, 2.75) is 0 Å². The summed E-state index contributed by atoms with van der Waals surface area (Å²) in [7, 11) is -0.634. The molecule has 0 aliphatic carbocycles. The van der Waals surface area contributed by atoms with Gasteiger partial charge in [-0.1, -0.05) is 5.92 Å². The summed E-state index contributed by atoms with van der Waals surface area (Å²) in [5.41, 5.74) is 0. The van der Waals surface area contributed by atoms with Crippen LogP contribution in [0, 0.1) is 12.3 Å². The van der Waals surface area contributed by atoms with Gasteiger partial charge in [0.25, 0.3) is 0 Å². The van der Waals surface area contributed by atoms with E-state index in [1.54, 1.807) is 0 Å². The van der Waals surface area contributed by atoms with Gasteiger partial charge in [-0.25, -0.2) is 9.36 Å². The first-order chi connectivity index (χ1) is 10.2. The molecule has 0 bridgehead atoms. The van der Waals surface area contributed by atoms with E-state index in [1.807, 2.05) is 14.1 Å². The minimum atomic E-state index is -4.42. The smallest absolute Gasteiger partial charge is 0.436 e. The maximum absolute atomic E-state index is 11.0. The molecule has 0 rings (SSSR count). The van der Waals surface area contributed by atoms with Crippen molar-refractivity contribution in [1.29, 1.82) is 0 Å². The number of hydrogen-bond donors (Lipinski definition) is 3. The lowest BCUT2D eigenvalue weighted by molar-refractivity contribution is -0.890. The number of ether oxygens (including phenoxy) is 2. The van der Waals surface area contributed by atoms with E-state index in [-0.39, 0.29) is 13.2 Å². The number of carbonyl (C=O) groups excluding carboxylic acids is 1. The second kappa shape index (κ2) is 10.6. The fourth-order valence-electron chi connectivity index (χ4n) is 1.32. The number of amides is 1. The average Bonchev–Trinajstić information content (AvgIpc) is 2.38. The van der Waals surface area contributed by atoms with Gasteiger partial charge in [-0.05, 0) is 0 Å². The van der Waals surface area contributed by atoms with E-state index in [1.165, 1.54) is 0 Å². The zero-order valence-electron chi connectivity index (χ0n) is 12.9. The van der Waals surface area contributed by atoms with Crippen molar-refractivity contribution >= 4 is 13.9 Å². The highest BCUT2D eigenvalue weighted by molar-refractivity contribution is 7.46. The highest BCUT2D eigenvalue weighted by Crippen LogP contribution is 2.35. The molecule has 0 heterocycles. The minimum absolute atomic E-state index is 0.0418. The fraction of sp³-hybridized carbons (Fsp3) is 0.750. The number of phosphoric acid groups is 1. The molecule has 0 aromatic carbocycles. The summed E-state index contributed by atoms with van der Waals surface area (Å²) in [6.45, 7) is 2.01. The molecule has 0 atom stereocenters. The van der Waals surface area contributed by atoms with Crippen molar-refractivity contribution < 1.29 is 37.6 Å². The number of carbonyl (C=O) groups is 1. The summed E-state index contributed by atoms with van der Waals surface area (Å²) in [4.78, 5) is 28.2. The van der Waals surface area contributed by atoms with Crippen LogP contribution in [-0.4, -0.2) is 80.5 Å². The number of rotatable bonds is 11. The molecular formula is C12H24N2O7P+. The summed E-state index contributed by atoms with van der Waals surface area (Å²) in [6, 6.07) is 0. The summed E-state index contributed by atoms with van der Waals surface area (Å²) >= 11 is 0. The summed E-state index contributed by atoms with van der Waals surface area (Å²) in [5.74, 6) is 2.18. The average molecular weight is 339 g/mol. The van der Waals surface area contributed by atoms with Crippen LogP contribution in [-0.2, 0) is 18.6 Å². The van der Waals surface area contributed by atoms with Crippen molar-refractivity contribution in [3.63, 3.8) is 0 Å². The van der Waals surface area contributed by atoms with E-state index in [4.69, 9.17) is 20.9 Å². The molecule has 0 spiro atoms. The van der Waals surface area contributed by atoms with Gasteiger partial charge < -0.3 is 29.1 Å². The van der Waals surface area contributed by atoms with Crippen LogP contribution in [0.2, 0.25) is 0 Å². The molecule has 10 heteroatoms. The van der Waals surface area contributed by atoms with Gasteiger partial charge in [0.15, 0.2) is 6.61 Å². The molecule has 1 amide bonds. The third-order valence-corrected chi connectivity index (χ3v) is 3.12. The molecule has 128 valence electrons. The number of phosphoric ester groups is 1. The SMILES string of the molecule is C#CCOC(=O)NCCOCC[N+](C)(C)CCOP(=O)(O)O. The number of likely N-dealkylation sites (N-methyl/N-ethyl adjacent to an activating group) is 1. The van der Waals surface area contributed by atoms with Crippen LogP contribution in [0.3, 0.4) is 0 Å². The molecule has 0 aliphatic rings. The Bertz CT molecular complexity index is 416. The van der Waals surface area contributed by atoms with Crippen molar-refractivity contribution in [2.75, 3.05) is 60.2 Å². The van der Waals surface area contributed by atoms with E-state index < -0.39 is 13.9 Å². The number of quaternary nitrogens is 1. The predicted octanol–water partition coefficient (Wildman–Crippen LogP) is -0.452. The van der Waals surface area contributed by atoms with Gasteiger partial charge in [-0.3, -0.25) is 4.52 Å². The summed E-state index contributed by atoms with van der Waals surface area (Å²) in [5, 5.41) is 2.47. The highest BCUT2D eigenvalue weighted by Gasteiger charge is 2.19. The Morgan fingerprint density at radius 2 is 1.91 bits per heavy atom. The number of terminal acetylenes is 1. The standard InChI is InChI=1S/C12H23N2O7P/c1-4-8-20-12(15)13-5-9-19-10-6-14(2,3)7-11-21-22(16,17)18/h1H,5-11H2,2-3H3,(H2-,13,15,16,17,18)/p+1. The molecule has 22 heavy (non-hydrogen) atoms. The van der Waals surface area contributed by atoms with Crippen molar-refractivity contribution in [3.8, 4) is 12.3 Å². The Morgan fingerprint density at radius 1 is 1.27 bits per heavy atom. The van der Waals surface area contributed by atoms with Crippen LogP contribution >= 0.6 is 7.82 Å². The van der Waals surface area contributed by atoms with Gasteiger partial charge in [0.1, 0.15) is 19.7 Å². The molecule has 0 aliphatic heterocycles. The Balaban J connectivity index is 3.62. The number of nitrogens with one attached hydrogen (secondary N) is 1. The molecule has 3 N–H and O–H groups in total. The zero-order chi connectivity index (χ0) is 17.1. The van der Waals surface area contributed by atoms with Gasteiger partial charge in [0.05, 0.1) is 27.3 Å². The maximum Gasteiger partial charge on any atom is 0.469 e. The molecule has 0 aromatic rings. The molecule has 0 unspecified atom stereocenters. The number of alkyl carbamates (subject to hydrolysis) is 1. The summed E-state index contributed by atoms with van der Waals surface area (Å²) in [6.07, 6.45) is 4.35. The molecule has 0 radical (unpaired) electrons. The molecule has 9 nitrogen and oxygen atoms in total. The van der Waals surface area contributed by atoms with Crippen LogP contribution in [0.15, 0.2) is 0 Å². The molecular weight excluding hydrogens is 315 g/mol. The van der Waals surface area contributed by atoms with Crippen LogP contribution in [0.5, 0.6) is 0 Å². The van der Waals surface area contributed by atoms with E-state index >= 15 is 0 Å². The van der Waals surface area contributed by atoms with E-state index in [2.05, 4.69) is 20.5 Å². The third-order valence-electron chi connectivity index (χ3n) is 2.60. The Kier molecular flexibility index (Phi) is 10.0. The second-order valence-electron chi connectivity index (χ2n) is 5.03. The monoisotopic (exact) mass is 339 g/mol. The maximum atomic E-state index is 11.0. The summed E-state index contributed by atoms with van der Waals surface area (Å²) < 4.78 is 25.4. The van der Waals surface area contributed by atoms with Crippen LogP contribution in [0.4, 0.5) is 4.79 Å². The zero-order valence-corrected chi connectivity index (χ0v) is 13.8. The van der Waals surface area contributed by atoms with Crippen LogP contribution in [0.25, 0.3) is 0 Å². The van der Waals surface area contributed by atoms with Crippen molar-refractivity contribution in [3.05, 3.63) is 0 Å². The van der Waals surface area contributed by atoms with E-state index in [0.29, 0.717) is 37.3 Å². The van der Waals surface area contributed by atoms with Crippen molar-refractivity contribution in [1.82, 2.24) is 5.32 Å². The van der Waals surface area contributed by atoms with Crippen LogP contribution in [0.1, 0.15) is 0 Å². The molecule has 0 aromatic heterocycles. The second-order valence-corrected chi connectivity index (χ2v) is 6.27. The Morgan fingerprint density at radius 3 is 2.50 bits per heavy atom. The largest absolute Gasteiger partial charge is 0.469 e. The van der Waals surface area contributed by atoms with E-state index in [0.717, 1.165) is 0 Å². The molecule has 0 fully saturated rings. The quantitative estimate of drug-likeness (QED) is 0.202. The molecule has 0 saturated carbocycles. The van der Waals surface area contributed by atoms with Crippen molar-refractivity contribution in [2.24, 2.45) is 0 Å². The highest BCUT2D eigenvalue weighted by atomic mass is 31.2. The first kappa shape index (κ1) is 20.9. The van der Waals surface area contributed by atoms with E-state index in [9.17, 15) is 9.36 Å². The third kappa shape index (κ3) is 13.8. The fourth-order valence-corrected chi connectivity index (χ4v) is 1.64. The van der Waals surface area contributed by atoms with Gasteiger partial charge in [-0.15, -0.1) is 6.42 Å².